The number of aromatic nitrogens is 1. The number of fused-ring (bicyclic) bond motifs is 2. The zero-order chi connectivity index (χ0) is 9.54. The van der Waals surface area contributed by atoms with Crippen LogP contribution in [0.4, 0.5) is 5.82 Å². The van der Waals surface area contributed by atoms with Crippen molar-refractivity contribution >= 4 is 17.6 Å². The number of nitrogens with one attached hydrogen (secondary N) is 1. The first-order valence-corrected chi connectivity index (χ1v) is 6.18. The zero-order valence-corrected chi connectivity index (χ0v) is 8.80. The quantitative estimate of drug-likeness (QED) is 0.804. The van der Waals surface area contributed by atoms with E-state index in [2.05, 4.69) is 16.6 Å². The lowest BCUT2D eigenvalue weighted by molar-refractivity contribution is 0.288. The van der Waals surface area contributed by atoms with Crippen molar-refractivity contribution in [2.45, 2.75) is 24.3 Å². The second-order valence-electron chi connectivity index (χ2n) is 3.72. The second kappa shape index (κ2) is 3.05. The summed E-state index contributed by atoms with van der Waals surface area (Å²) in [6, 6.07) is 2.55. The highest BCUT2D eigenvalue weighted by Crippen LogP contribution is 2.42. The van der Waals surface area contributed by atoms with Gasteiger partial charge in [-0.2, -0.15) is 11.8 Å². The van der Waals surface area contributed by atoms with Crippen LogP contribution in [-0.2, 0) is 5.75 Å². The molecule has 74 valence electrons. The normalized spacial score (nSPS) is 26.9. The highest BCUT2D eigenvalue weighted by Gasteiger charge is 2.44. The van der Waals surface area contributed by atoms with E-state index in [4.69, 9.17) is 4.74 Å². The molecule has 0 bridgehead atoms. The summed E-state index contributed by atoms with van der Waals surface area (Å²) in [5.41, 5.74) is 1.25. The Kier molecular flexibility index (Phi) is 1.83. The summed E-state index contributed by atoms with van der Waals surface area (Å²) >= 11 is 1.81. The first-order valence-electron chi connectivity index (χ1n) is 4.78. The van der Waals surface area contributed by atoms with Crippen LogP contribution in [0.15, 0.2) is 12.3 Å². The molecule has 3 rings (SSSR count). The highest BCUT2D eigenvalue weighted by atomic mass is 32.2. The molecule has 1 fully saturated rings. The number of hydrogen-bond donors (Lipinski definition) is 1. The largest absolute Gasteiger partial charge is 0.484 e. The summed E-state index contributed by atoms with van der Waals surface area (Å²) in [7, 11) is 0. The van der Waals surface area contributed by atoms with Gasteiger partial charge in [0.25, 0.3) is 0 Å². The van der Waals surface area contributed by atoms with Crippen molar-refractivity contribution in [3.8, 4) is 5.75 Å². The number of thioether (sulfide) groups is 1. The fraction of sp³-hybridized carbons (Fsp3) is 0.500. The van der Waals surface area contributed by atoms with Crippen molar-refractivity contribution in [2.75, 3.05) is 11.6 Å². The van der Waals surface area contributed by atoms with Gasteiger partial charge in [-0.1, -0.05) is 0 Å². The SMILES string of the molecule is CSCc1ccnc2c1OC1CC1N2. The number of anilines is 1. The van der Waals surface area contributed by atoms with Gasteiger partial charge in [0.15, 0.2) is 11.6 Å². The van der Waals surface area contributed by atoms with Crippen molar-refractivity contribution in [1.29, 1.82) is 0 Å². The molecule has 1 aromatic heterocycles. The van der Waals surface area contributed by atoms with Gasteiger partial charge in [0.1, 0.15) is 6.10 Å². The van der Waals surface area contributed by atoms with E-state index in [1.165, 1.54) is 5.56 Å². The van der Waals surface area contributed by atoms with E-state index in [9.17, 15) is 0 Å². The van der Waals surface area contributed by atoms with Crippen molar-refractivity contribution in [2.24, 2.45) is 0 Å². The Bertz CT molecular complexity index is 369. The predicted octanol–water partition coefficient (Wildman–Crippen LogP) is 1.89. The minimum absolute atomic E-state index is 0.396. The summed E-state index contributed by atoms with van der Waals surface area (Å²) in [4.78, 5) is 4.29. The average Bonchev–Trinajstić information content (AvgIpc) is 2.93. The van der Waals surface area contributed by atoms with Crippen LogP contribution in [0.2, 0.25) is 0 Å². The second-order valence-corrected chi connectivity index (χ2v) is 4.59. The minimum Gasteiger partial charge on any atom is -0.484 e. The molecule has 3 nitrogen and oxygen atoms in total. The molecule has 4 heteroatoms. The maximum absolute atomic E-state index is 5.85. The first kappa shape index (κ1) is 8.41. The Hall–Kier alpha value is -0.900. The molecule has 14 heavy (non-hydrogen) atoms. The molecular formula is C10H12N2OS. The van der Waals surface area contributed by atoms with Crippen LogP contribution >= 0.6 is 11.8 Å². The fourth-order valence-corrected chi connectivity index (χ4v) is 2.31. The van der Waals surface area contributed by atoms with Crippen LogP contribution in [0.3, 0.4) is 0 Å². The molecule has 1 N–H and O–H groups in total. The molecular weight excluding hydrogens is 196 g/mol. The molecule has 2 aliphatic rings. The van der Waals surface area contributed by atoms with Crippen LogP contribution in [0.1, 0.15) is 12.0 Å². The van der Waals surface area contributed by atoms with E-state index in [0.29, 0.717) is 12.1 Å². The molecule has 0 radical (unpaired) electrons. The van der Waals surface area contributed by atoms with Crippen molar-refractivity contribution in [3.05, 3.63) is 17.8 Å². The van der Waals surface area contributed by atoms with E-state index in [0.717, 1.165) is 23.7 Å². The molecule has 1 aromatic rings. The van der Waals surface area contributed by atoms with Gasteiger partial charge in [-0.3, -0.25) is 0 Å². The standard InChI is InChI=1S/C10H12N2OS/c1-14-5-6-2-3-11-10-9(6)13-8-4-7(8)12-10/h2-3,7-8H,4-5H2,1H3,(H,11,12). The van der Waals surface area contributed by atoms with Gasteiger partial charge in [0, 0.05) is 23.9 Å². The highest BCUT2D eigenvalue weighted by molar-refractivity contribution is 7.97. The summed E-state index contributed by atoms with van der Waals surface area (Å²) < 4.78 is 5.85. The molecule has 2 unspecified atom stereocenters. The molecule has 0 aromatic carbocycles. The van der Waals surface area contributed by atoms with E-state index in [1.54, 1.807) is 11.8 Å². The monoisotopic (exact) mass is 208 g/mol. The molecule has 0 spiro atoms. The third-order valence-electron chi connectivity index (χ3n) is 2.61. The van der Waals surface area contributed by atoms with Crippen molar-refractivity contribution in [3.63, 3.8) is 0 Å². The first-order chi connectivity index (χ1) is 6.88. The van der Waals surface area contributed by atoms with Crippen LogP contribution in [-0.4, -0.2) is 23.4 Å². The maximum Gasteiger partial charge on any atom is 0.169 e. The molecule has 1 saturated carbocycles. The lowest BCUT2D eigenvalue weighted by Crippen LogP contribution is -2.20. The van der Waals surface area contributed by atoms with Crippen molar-refractivity contribution < 1.29 is 4.74 Å². The van der Waals surface area contributed by atoms with Crippen LogP contribution < -0.4 is 10.1 Å². The molecule has 1 aliphatic heterocycles. The molecule has 0 saturated heterocycles. The van der Waals surface area contributed by atoms with Crippen LogP contribution in [0.5, 0.6) is 5.75 Å². The predicted molar refractivity (Wildman–Crippen MR) is 57.9 cm³/mol. The Morgan fingerprint density at radius 3 is 3.50 bits per heavy atom. The number of nitrogens with zero attached hydrogens (tertiary/aromatic N) is 1. The lowest BCUT2D eigenvalue weighted by Gasteiger charge is -2.19. The molecule has 1 aliphatic carbocycles. The van der Waals surface area contributed by atoms with E-state index in [-0.39, 0.29) is 0 Å². The Balaban J connectivity index is 1.98. The van der Waals surface area contributed by atoms with E-state index < -0.39 is 0 Å². The zero-order valence-electron chi connectivity index (χ0n) is 7.99. The Labute approximate surface area is 87.3 Å². The Morgan fingerprint density at radius 1 is 1.71 bits per heavy atom. The van der Waals surface area contributed by atoms with E-state index >= 15 is 0 Å². The van der Waals surface area contributed by atoms with Gasteiger partial charge in [-0.25, -0.2) is 4.98 Å². The van der Waals surface area contributed by atoms with Gasteiger partial charge >= 0.3 is 0 Å². The van der Waals surface area contributed by atoms with Gasteiger partial charge < -0.3 is 10.1 Å². The Morgan fingerprint density at radius 2 is 2.64 bits per heavy atom. The smallest absolute Gasteiger partial charge is 0.169 e. The number of pyridine rings is 1. The fourth-order valence-electron chi connectivity index (χ4n) is 1.77. The number of ether oxygens (including phenoxy) is 1. The number of rotatable bonds is 2. The summed E-state index contributed by atoms with van der Waals surface area (Å²) in [5.74, 6) is 2.89. The van der Waals surface area contributed by atoms with Gasteiger partial charge in [0.05, 0.1) is 6.04 Å². The minimum atomic E-state index is 0.396. The average molecular weight is 208 g/mol. The van der Waals surface area contributed by atoms with Gasteiger partial charge in [-0.05, 0) is 12.3 Å². The third kappa shape index (κ3) is 1.25. The maximum atomic E-state index is 5.85. The van der Waals surface area contributed by atoms with Crippen LogP contribution in [0, 0.1) is 0 Å². The van der Waals surface area contributed by atoms with Gasteiger partial charge in [-0.15, -0.1) is 0 Å². The molecule has 2 atom stereocenters. The van der Waals surface area contributed by atoms with Crippen LogP contribution in [0.25, 0.3) is 0 Å². The lowest BCUT2D eigenvalue weighted by atomic mass is 10.2. The topological polar surface area (TPSA) is 34.1 Å². The van der Waals surface area contributed by atoms with Gasteiger partial charge in [0.2, 0.25) is 0 Å². The summed E-state index contributed by atoms with van der Waals surface area (Å²) in [6.45, 7) is 0. The van der Waals surface area contributed by atoms with Crippen molar-refractivity contribution in [1.82, 2.24) is 4.98 Å². The molecule has 0 amide bonds. The number of hydrogen-bond acceptors (Lipinski definition) is 4. The van der Waals surface area contributed by atoms with E-state index in [1.807, 2.05) is 12.3 Å². The summed E-state index contributed by atoms with van der Waals surface area (Å²) in [5, 5.41) is 3.39. The molecule has 2 heterocycles. The summed E-state index contributed by atoms with van der Waals surface area (Å²) in [6.07, 6.45) is 5.47. The third-order valence-corrected chi connectivity index (χ3v) is 3.21.